The number of halogens is 1. The quantitative estimate of drug-likeness (QED) is 0.694. The van der Waals surface area contributed by atoms with Gasteiger partial charge in [0.2, 0.25) is 5.91 Å². The summed E-state index contributed by atoms with van der Waals surface area (Å²) in [5.41, 5.74) is 2.81. The predicted molar refractivity (Wildman–Crippen MR) is 107 cm³/mol. The highest BCUT2D eigenvalue weighted by atomic mass is 35.5. The highest BCUT2D eigenvalue weighted by Gasteiger charge is 2.53. The van der Waals surface area contributed by atoms with E-state index in [2.05, 4.69) is 10.5 Å². The zero-order chi connectivity index (χ0) is 19.0. The lowest BCUT2D eigenvalue weighted by molar-refractivity contribution is -0.118. The van der Waals surface area contributed by atoms with Gasteiger partial charge < -0.3 is 14.7 Å². The van der Waals surface area contributed by atoms with Crippen LogP contribution in [0.5, 0.6) is 0 Å². The smallest absolute Gasteiger partial charge is 0.236 e. The normalized spacial score (nSPS) is 14.6. The molecule has 0 radical (unpaired) electrons. The zero-order valence-electron chi connectivity index (χ0n) is 15.2. The van der Waals surface area contributed by atoms with Crippen LogP contribution in [-0.4, -0.2) is 25.2 Å². The summed E-state index contributed by atoms with van der Waals surface area (Å²) in [5.74, 6) is 0.590. The number of nitrogens with zero attached hydrogens (tertiary/aromatic N) is 2. The van der Waals surface area contributed by atoms with Crippen molar-refractivity contribution in [3.63, 3.8) is 0 Å². The fourth-order valence-corrected chi connectivity index (χ4v) is 3.20. The van der Waals surface area contributed by atoms with Crippen molar-refractivity contribution < 1.29 is 9.32 Å². The van der Waals surface area contributed by atoms with Crippen molar-refractivity contribution in [1.29, 1.82) is 0 Å². The predicted octanol–water partition coefficient (Wildman–Crippen LogP) is 4.73. The molecule has 138 valence electrons. The van der Waals surface area contributed by atoms with Crippen LogP contribution in [0.3, 0.4) is 0 Å². The topological polar surface area (TPSA) is 58.4 Å². The largest absolute Gasteiger partial charge is 0.378 e. The molecule has 1 fully saturated rings. The Balaban J connectivity index is 1.51. The molecule has 1 aliphatic carbocycles. The Labute approximate surface area is 162 Å². The molecule has 0 spiro atoms. The SMILES string of the molecule is CN(C)c1ccc(NC(=O)C2(c3cc(-c4ccc(Cl)cc4)on3)CC2)cc1. The maximum absolute atomic E-state index is 12.9. The molecule has 1 amide bonds. The summed E-state index contributed by atoms with van der Waals surface area (Å²) in [6, 6.07) is 17.0. The molecular formula is C21H20ClN3O2. The lowest BCUT2D eigenvalue weighted by Gasteiger charge is -2.15. The van der Waals surface area contributed by atoms with Crippen molar-refractivity contribution >= 4 is 28.9 Å². The minimum absolute atomic E-state index is 0.0453. The second-order valence-corrected chi connectivity index (χ2v) is 7.50. The molecule has 1 heterocycles. The Bertz CT molecular complexity index is 958. The van der Waals surface area contributed by atoms with Gasteiger partial charge in [-0.15, -0.1) is 0 Å². The van der Waals surface area contributed by atoms with Gasteiger partial charge in [-0.1, -0.05) is 16.8 Å². The van der Waals surface area contributed by atoms with Crippen molar-refractivity contribution in [3.8, 4) is 11.3 Å². The number of nitrogens with one attached hydrogen (secondary N) is 1. The summed E-state index contributed by atoms with van der Waals surface area (Å²) in [6.07, 6.45) is 1.53. The van der Waals surface area contributed by atoms with Crippen LogP contribution >= 0.6 is 11.6 Å². The van der Waals surface area contributed by atoms with Crippen LogP contribution in [0.2, 0.25) is 5.02 Å². The number of rotatable bonds is 5. The van der Waals surface area contributed by atoms with E-state index in [0.717, 1.165) is 29.8 Å². The summed E-state index contributed by atoms with van der Waals surface area (Å²) >= 11 is 5.93. The molecule has 0 bridgehead atoms. The van der Waals surface area contributed by atoms with E-state index in [-0.39, 0.29) is 5.91 Å². The van der Waals surface area contributed by atoms with Crippen LogP contribution in [0.25, 0.3) is 11.3 Å². The first kappa shape index (κ1) is 17.6. The minimum Gasteiger partial charge on any atom is -0.378 e. The molecule has 6 heteroatoms. The van der Waals surface area contributed by atoms with Gasteiger partial charge in [-0.2, -0.15) is 0 Å². The monoisotopic (exact) mass is 381 g/mol. The molecule has 0 unspecified atom stereocenters. The van der Waals surface area contributed by atoms with Crippen molar-refractivity contribution in [2.45, 2.75) is 18.3 Å². The van der Waals surface area contributed by atoms with Gasteiger partial charge in [-0.05, 0) is 61.4 Å². The van der Waals surface area contributed by atoms with E-state index in [1.54, 1.807) is 12.1 Å². The van der Waals surface area contributed by atoms with Gasteiger partial charge in [-0.3, -0.25) is 4.79 Å². The van der Waals surface area contributed by atoms with Gasteiger partial charge in [0.1, 0.15) is 0 Å². The van der Waals surface area contributed by atoms with E-state index in [1.807, 2.05) is 61.5 Å². The average molecular weight is 382 g/mol. The summed E-state index contributed by atoms with van der Waals surface area (Å²) in [7, 11) is 3.96. The first-order valence-electron chi connectivity index (χ1n) is 8.80. The standard InChI is InChI=1S/C21H20ClN3O2/c1-25(2)17-9-7-16(8-10-17)23-20(26)21(11-12-21)19-13-18(27-24-19)14-3-5-15(22)6-4-14/h3-10,13H,11-12H2,1-2H3,(H,23,26). The number of benzene rings is 2. The molecular weight excluding hydrogens is 362 g/mol. The second-order valence-electron chi connectivity index (χ2n) is 7.06. The first-order chi connectivity index (χ1) is 13.0. The van der Waals surface area contributed by atoms with Crippen LogP contribution in [-0.2, 0) is 10.2 Å². The summed E-state index contributed by atoms with van der Waals surface area (Å²) in [5, 5.41) is 7.85. The lowest BCUT2D eigenvalue weighted by Crippen LogP contribution is -2.28. The molecule has 0 saturated heterocycles. The van der Waals surface area contributed by atoms with Crippen molar-refractivity contribution in [2.75, 3.05) is 24.3 Å². The second kappa shape index (κ2) is 6.74. The molecule has 0 atom stereocenters. The number of aromatic nitrogens is 1. The zero-order valence-corrected chi connectivity index (χ0v) is 16.0. The molecule has 1 aliphatic rings. The molecule has 3 aromatic rings. The van der Waals surface area contributed by atoms with Gasteiger partial charge >= 0.3 is 0 Å². The number of carbonyl (C=O) groups is 1. The summed E-state index contributed by atoms with van der Waals surface area (Å²) < 4.78 is 5.48. The minimum atomic E-state index is -0.603. The summed E-state index contributed by atoms with van der Waals surface area (Å²) in [6.45, 7) is 0. The van der Waals surface area contributed by atoms with E-state index < -0.39 is 5.41 Å². The Morgan fingerprint density at radius 2 is 1.78 bits per heavy atom. The molecule has 0 aliphatic heterocycles. The molecule has 1 saturated carbocycles. The molecule has 4 rings (SSSR count). The van der Waals surface area contributed by atoms with Crippen LogP contribution in [0, 0.1) is 0 Å². The van der Waals surface area contributed by atoms with Crippen molar-refractivity contribution in [1.82, 2.24) is 5.16 Å². The van der Waals surface area contributed by atoms with Gasteiger partial charge in [0, 0.05) is 42.1 Å². The van der Waals surface area contributed by atoms with E-state index in [9.17, 15) is 4.79 Å². The molecule has 5 nitrogen and oxygen atoms in total. The first-order valence-corrected chi connectivity index (χ1v) is 9.18. The van der Waals surface area contributed by atoms with E-state index in [0.29, 0.717) is 16.5 Å². The Kier molecular flexibility index (Phi) is 4.40. The fraction of sp³-hybridized carbons (Fsp3) is 0.238. The third-order valence-electron chi connectivity index (χ3n) is 4.96. The van der Waals surface area contributed by atoms with Crippen molar-refractivity contribution in [3.05, 3.63) is 65.3 Å². The Morgan fingerprint density at radius 1 is 1.11 bits per heavy atom. The third kappa shape index (κ3) is 3.43. The van der Waals surface area contributed by atoms with Gasteiger partial charge in [0.05, 0.1) is 11.1 Å². The van der Waals surface area contributed by atoms with E-state index in [4.69, 9.17) is 16.1 Å². The number of carbonyl (C=O) groups excluding carboxylic acids is 1. The number of amides is 1. The number of hydrogen-bond acceptors (Lipinski definition) is 4. The van der Waals surface area contributed by atoms with Crippen LogP contribution in [0.1, 0.15) is 18.5 Å². The Hall–Kier alpha value is -2.79. The van der Waals surface area contributed by atoms with Crippen molar-refractivity contribution in [2.24, 2.45) is 0 Å². The average Bonchev–Trinajstić information content (AvgIpc) is 3.33. The molecule has 2 aromatic carbocycles. The Morgan fingerprint density at radius 3 is 2.37 bits per heavy atom. The molecule has 1 N–H and O–H groups in total. The van der Waals surface area contributed by atoms with Crippen LogP contribution in [0.4, 0.5) is 11.4 Å². The van der Waals surface area contributed by atoms with E-state index in [1.165, 1.54) is 0 Å². The molecule has 1 aromatic heterocycles. The van der Waals surface area contributed by atoms with E-state index >= 15 is 0 Å². The van der Waals surface area contributed by atoms with Gasteiger partial charge in [-0.25, -0.2) is 0 Å². The maximum atomic E-state index is 12.9. The van der Waals surface area contributed by atoms with Crippen LogP contribution in [0.15, 0.2) is 59.1 Å². The maximum Gasteiger partial charge on any atom is 0.236 e. The third-order valence-corrected chi connectivity index (χ3v) is 5.21. The summed E-state index contributed by atoms with van der Waals surface area (Å²) in [4.78, 5) is 14.9. The number of anilines is 2. The lowest BCUT2D eigenvalue weighted by atomic mass is 10.00. The highest BCUT2D eigenvalue weighted by molar-refractivity contribution is 6.30. The van der Waals surface area contributed by atoms with Gasteiger partial charge in [0.15, 0.2) is 5.76 Å². The van der Waals surface area contributed by atoms with Gasteiger partial charge in [0.25, 0.3) is 0 Å². The highest BCUT2D eigenvalue weighted by Crippen LogP contribution is 2.49. The van der Waals surface area contributed by atoms with Crippen LogP contribution < -0.4 is 10.2 Å². The fourth-order valence-electron chi connectivity index (χ4n) is 3.07. The number of hydrogen-bond donors (Lipinski definition) is 1. The molecule has 27 heavy (non-hydrogen) atoms.